The van der Waals surface area contributed by atoms with Crippen molar-refractivity contribution in [3.8, 4) is 0 Å². The van der Waals surface area contributed by atoms with Gasteiger partial charge < -0.3 is 10.4 Å². The first kappa shape index (κ1) is 6.62. The lowest BCUT2D eigenvalue weighted by Crippen LogP contribution is -2.59. The third-order valence-electron chi connectivity index (χ3n) is 2.92. The number of hydrogen-bond acceptors (Lipinski definition) is 2. The molecule has 2 atom stereocenters. The summed E-state index contributed by atoms with van der Waals surface area (Å²) in [4.78, 5) is 0. The van der Waals surface area contributed by atoms with E-state index in [9.17, 15) is 5.11 Å². The molecule has 2 N–H and O–H groups in total. The second kappa shape index (κ2) is 2.21. The zero-order valence-electron chi connectivity index (χ0n) is 6.27. The average molecular weight is 141 g/mol. The van der Waals surface area contributed by atoms with Crippen LogP contribution in [0.5, 0.6) is 0 Å². The average Bonchev–Trinajstić information content (AvgIpc) is 1.85. The van der Waals surface area contributed by atoms with Crippen LogP contribution in [0, 0.1) is 0 Å². The highest BCUT2D eigenvalue weighted by molar-refractivity contribution is 5.00. The number of nitrogens with one attached hydrogen (secondary N) is 1. The van der Waals surface area contributed by atoms with Crippen LogP contribution in [0.2, 0.25) is 0 Å². The maximum atomic E-state index is 9.37. The van der Waals surface area contributed by atoms with Gasteiger partial charge in [-0.2, -0.15) is 0 Å². The topological polar surface area (TPSA) is 32.3 Å². The van der Waals surface area contributed by atoms with Crippen molar-refractivity contribution in [2.24, 2.45) is 0 Å². The predicted molar refractivity (Wildman–Crippen MR) is 39.8 cm³/mol. The molecule has 2 rings (SSSR count). The number of rotatable bonds is 0. The Bertz CT molecular complexity index is 131. The van der Waals surface area contributed by atoms with Crippen molar-refractivity contribution in [2.75, 3.05) is 6.54 Å². The Hall–Kier alpha value is -0.0800. The molecule has 2 unspecified atom stereocenters. The van der Waals surface area contributed by atoms with E-state index < -0.39 is 0 Å². The second-order valence-corrected chi connectivity index (χ2v) is 3.71. The highest BCUT2D eigenvalue weighted by Gasteiger charge is 2.39. The van der Waals surface area contributed by atoms with E-state index in [4.69, 9.17) is 0 Å². The van der Waals surface area contributed by atoms with E-state index in [2.05, 4.69) is 5.32 Å². The summed E-state index contributed by atoms with van der Waals surface area (Å²) in [7, 11) is 0. The van der Waals surface area contributed by atoms with Crippen LogP contribution < -0.4 is 5.32 Å². The number of aliphatic hydroxyl groups excluding tert-OH is 1. The fraction of sp³-hybridized carbons (Fsp3) is 1.00. The van der Waals surface area contributed by atoms with Crippen molar-refractivity contribution in [1.82, 2.24) is 5.32 Å². The lowest BCUT2D eigenvalue weighted by Gasteiger charge is -2.47. The first-order chi connectivity index (χ1) is 4.81. The van der Waals surface area contributed by atoms with E-state index in [0.717, 1.165) is 19.4 Å². The van der Waals surface area contributed by atoms with Crippen molar-refractivity contribution >= 4 is 0 Å². The smallest absolute Gasteiger partial charge is 0.0557 e. The largest absolute Gasteiger partial charge is 0.393 e. The molecule has 1 aliphatic carbocycles. The van der Waals surface area contributed by atoms with Gasteiger partial charge in [-0.25, -0.2) is 0 Å². The van der Waals surface area contributed by atoms with Gasteiger partial charge in [-0.05, 0) is 38.6 Å². The third-order valence-corrected chi connectivity index (χ3v) is 2.92. The first-order valence-corrected chi connectivity index (χ1v) is 4.24. The van der Waals surface area contributed by atoms with E-state index in [1.807, 2.05) is 0 Å². The van der Waals surface area contributed by atoms with Gasteiger partial charge in [0.05, 0.1) is 6.10 Å². The molecular weight excluding hydrogens is 126 g/mol. The minimum absolute atomic E-state index is 0.0263. The minimum Gasteiger partial charge on any atom is -0.393 e. The summed E-state index contributed by atoms with van der Waals surface area (Å²) in [6.45, 7) is 1.16. The van der Waals surface area contributed by atoms with Gasteiger partial charge in [0, 0.05) is 5.54 Å². The van der Waals surface area contributed by atoms with Gasteiger partial charge >= 0.3 is 0 Å². The molecule has 1 saturated heterocycles. The van der Waals surface area contributed by atoms with Crippen LogP contribution in [-0.2, 0) is 0 Å². The van der Waals surface area contributed by atoms with Crippen molar-refractivity contribution in [3.63, 3.8) is 0 Å². The normalized spacial score (nSPS) is 47.1. The molecule has 10 heavy (non-hydrogen) atoms. The van der Waals surface area contributed by atoms with E-state index in [0.29, 0.717) is 5.54 Å². The van der Waals surface area contributed by atoms with Crippen LogP contribution in [0.15, 0.2) is 0 Å². The standard InChI is InChI=1S/C8H15NO/c10-7-2-1-3-8(6-7)4-5-9-8/h7,9-10H,1-6H2. The second-order valence-electron chi connectivity index (χ2n) is 3.71. The molecule has 0 aromatic carbocycles. The van der Waals surface area contributed by atoms with E-state index in [1.54, 1.807) is 0 Å². The molecule has 2 aliphatic rings. The Morgan fingerprint density at radius 1 is 1.40 bits per heavy atom. The van der Waals surface area contributed by atoms with Gasteiger partial charge in [-0.3, -0.25) is 0 Å². The molecule has 2 fully saturated rings. The van der Waals surface area contributed by atoms with Crippen molar-refractivity contribution < 1.29 is 5.11 Å². The Morgan fingerprint density at radius 3 is 2.60 bits per heavy atom. The molecule has 2 heteroatoms. The van der Waals surface area contributed by atoms with Crippen LogP contribution in [-0.4, -0.2) is 23.3 Å². The molecule has 1 heterocycles. The van der Waals surface area contributed by atoms with Crippen molar-refractivity contribution in [3.05, 3.63) is 0 Å². The molecule has 58 valence electrons. The summed E-state index contributed by atoms with van der Waals surface area (Å²) < 4.78 is 0. The molecule has 2 nitrogen and oxygen atoms in total. The molecule has 0 aromatic rings. The van der Waals surface area contributed by atoms with Crippen LogP contribution in [0.1, 0.15) is 32.1 Å². The minimum atomic E-state index is -0.0263. The van der Waals surface area contributed by atoms with Crippen LogP contribution in [0.3, 0.4) is 0 Å². The van der Waals surface area contributed by atoms with Gasteiger partial charge in [0.15, 0.2) is 0 Å². The molecule has 1 aliphatic heterocycles. The Labute approximate surface area is 61.6 Å². The highest BCUT2D eigenvalue weighted by Crippen LogP contribution is 2.35. The monoisotopic (exact) mass is 141 g/mol. The van der Waals surface area contributed by atoms with Crippen LogP contribution >= 0.6 is 0 Å². The highest BCUT2D eigenvalue weighted by atomic mass is 16.3. The summed E-state index contributed by atoms with van der Waals surface area (Å²) in [5.74, 6) is 0. The van der Waals surface area contributed by atoms with Crippen LogP contribution in [0.25, 0.3) is 0 Å². The molecule has 0 amide bonds. The van der Waals surface area contributed by atoms with Crippen molar-refractivity contribution in [2.45, 2.75) is 43.7 Å². The molecule has 1 spiro atoms. The molecule has 0 bridgehead atoms. The zero-order chi connectivity index (χ0) is 7.03. The first-order valence-electron chi connectivity index (χ1n) is 4.24. The van der Waals surface area contributed by atoms with Gasteiger partial charge in [0.2, 0.25) is 0 Å². The quantitative estimate of drug-likeness (QED) is 0.519. The lowest BCUT2D eigenvalue weighted by molar-refractivity contribution is 0.0382. The Balaban J connectivity index is 1.96. The van der Waals surface area contributed by atoms with Gasteiger partial charge in [0.1, 0.15) is 0 Å². The molecular formula is C8H15NO. The summed E-state index contributed by atoms with van der Waals surface area (Å²) >= 11 is 0. The Kier molecular flexibility index (Phi) is 1.46. The maximum Gasteiger partial charge on any atom is 0.0557 e. The number of hydrogen-bond donors (Lipinski definition) is 2. The van der Waals surface area contributed by atoms with Gasteiger partial charge in [0.25, 0.3) is 0 Å². The van der Waals surface area contributed by atoms with E-state index in [1.165, 1.54) is 19.3 Å². The van der Waals surface area contributed by atoms with Crippen molar-refractivity contribution in [1.29, 1.82) is 0 Å². The summed E-state index contributed by atoms with van der Waals surface area (Å²) in [5.41, 5.74) is 0.373. The van der Waals surface area contributed by atoms with E-state index in [-0.39, 0.29) is 6.10 Å². The van der Waals surface area contributed by atoms with Gasteiger partial charge in [-0.1, -0.05) is 0 Å². The fourth-order valence-corrected chi connectivity index (χ4v) is 2.20. The number of aliphatic hydroxyl groups is 1. The Morgan fingerprint density at radius 2 is 2.20 bits per heavy atom. The molecule has 0 radical (unpaired) electrons. The predicted octanol–water partition coefficient (Wildman–Crippen LogP) is 0.653. The summed E-state index contributed by atoms with van der Waals surface area (Å²) in [6.07, 6.45) is 5.75. The maximum absolute atomic E-state index is 9.37. The van der Waals surface area contributed by atoms with Crippen LogP contribution in [0.4, 0.5) is 0 Å². The lowest BCUT2D eigenvalue weighted by atomic mass is 9.74. The molecule has 1 saturated carbocycles. The van der Waals surface area contributed by atoms with E-state index >= 15 is 0 Å². The van der Waals surface area contributed by atoms with Gasteiger partial charge in [-0.15, -0.1) is 0 Å². The SMILES string of the molecule is OC1CCCC2(CCN2)C1. The zero-order valence-corrected chi connectivity index (χ0v) is 6.27. The molecule has 0 aromatic heterocycles. The summed E-state index contributed by atoms with van der Waals surface area (Å²) in [5, 5.41) is 12.8. The summed E-state index contributed by atoms with van der Waals surface area (Å²) in [6, 6.07) is 0. The third kappa shape index (κ3) is 0.956. The fourth-order valence-electron chi connectivity index (χ4n) is 2.20.